The summed E-state index contributed by atoms with van der Waals surface area (Å²) in [6.07, 6.45) is 2.28. The Morgan fingerprint density at radius 1 is 0.974 bits per heavy atom. The minimum Gasteiger partial charge on any atom is -0.493 e. The van der Waals surface area contributed by atoms with Crippen LogP contribution in [-0.2, 0) is 11.3 Å². The number of aliphatic hydroxyl groups is 1. The fourth-order valence-corrected chi connectivity index (χ4v) is 4.82. The van der Waals surface area contributed by atoms with E-state index in [4.69, 9.17) is 18.9 Å². The number of aromatic nitrogens is 3. The van der Waals surface area contributed by atoms with Crippen molar-refractivity contribution in [1.29, 1.82) is 0 Å². The Morgan fingerprint density at radius 3 is 2.56 bits per heavy atom. The minimum absolute atomic E-state index is 0.103. The maximum absolute atomic E-state index is 10.9. The van der Waals surface area contributed by atoms with Gasteiger partial charge in [-0.15, -0.1) is 5.10 Å². The Hall–Kier alpha value is -3.66. The zero-order chi connectivity index (χ0) is 26.9. The molecule has 9 heteroatoms. The third kappa shape index (κ3) is 7.06. The zero-order valence-electron chi connectivity index (χ0n) is 22.3. The Labute approximate surface area is 228 Å². The average Bonchev–Trinajstić information content (AvgIpc) is 3.42. The monoisotopic (exact) mass is 532 g/mol. The number of methoxy groups -OCH3 is 1. The predicted molar refractivity (Wildman–Crippen MR) is 148 cm³/mol. The lowest BCUT2D eigenvalue weighted by Gasteiger charge is -2.25. The first-order valence-electron chi connectivity index (χ1n) is 13.5. The molecule has 5 rings (SSSR count). The summed E-state index contributed by atoms with van der Waals surface area (Å²) < 4.78 is 25.2. The van der Waals surface area contributed by atoms with Crippen LogP contribution in [0.15, 0.2) is 72.8 Å². The van der Waals surface area contributed by atoms with Gasteiger partial charge in [0.2, 0.25) is 0 Å². The van der Waals surface area contributed by atoms with Gasteiger partial charge in [-0.1, -0.05) is 53.7 Å². The number of benzene rings is 3. The molecule has 3 aromatic carbocycles. The topological polar surface area (TPSA) is 91.1 Å². The number of para-hydroxylation sites is 2. The molecule has 0 amide bonds. The molecule has 1 aromatic heterocycles. The van der Waals surface area contributed by atoms with E-state index in [0.717, 1.165) is 36.9 Å². The molecule has 206 valence electrons. The lowest BCUT2D eigenvalue weighted by molar-refractivity contribution is -0.0377. The number of hydrogen-bond acceptors (Lipinski definition) is 8. The van der Waals surface area contributed by atoms with Crippen LogP contribution in [0.5, 0.6) is 17.2 Å². The summed E-state index contributed by atoms with van der Waals surface area (Å²) in [4.78, 5) is 2.16. The number of aliphatic hydroxyl groups excluding tert-OH is 1. The molecule has 9 nitrogen and oxygen atoms in total. The van der Waals surface area contributed by atoms with E-state index in [1.165, 1.54) is 0 Å². The molecule has 1 aliphatic heterocycles. The van der Waals surface area contributed by atoms with Crippen molar-refractivity contribution in [3.63, 3.8) is 0 Å². The van der Waals surface area contributed by atoms with Crippen LogP contribution in [0.2, 0.25) is 0 Å². The molecule has 1 fully saturated rings. The highest BCUT2D eigenvalue weighted by Crippen LogP contribution is 2.29. The summed E-state index contributed by atoms with van der Waals surface area (Å²) in [7, 11) is 1.63. The van der Waals surface area contributed by atoms with Gasteiger partial charge in [0.1, 0.15) is 25.1 Å². The first-order valence-corrected chi connectivity index (χ1v) is 13.5. The standard InChI is InChI=1S/C30H36N4O5/c1-36-26-13-5-6-14-27(26)37-19-17-33(20-23-10-3-2-4-11-23)21-24(35)22-39-28-15-9-12-25-30(28)31-32-34(25)29-16-7-8-18-38-29/h2-6,9-15,24,29,35H,7-8,16-22H2,1H3/t24-,29?/m0/s1. The van der Waals surface area contributed by atoms with Crippen molar-refractivity contribution in [2.24, 2.45) is 0 Å². The number of rotatable bonds is 13. The smallest absolute Gasteiger partial charge is 0.161 e. The predicted octanol–water partition coefficient (Wildman–Crippen LogP) is 4.46. The summed E-state index contributed by atoms with van der Waals surface area (Å²) in [6.45, 7) is 3.03. The van der Waals surface area contributed by atoms with E-state index >= 15 is 0 Å². The Balaban J connectivity index is 1.20. The second kappa shape index (κ2) is 13.4. The van der Waals surface area contributed by atoms with Gasteiger partial charge in [0.05, 0.1) is 12.6 Å². The summed E-state index contributed by atoms with van der Waals surface area (Å²) >= 11 is 0. The number of hydrogen-bond donors (Lipinski definition) is 1. The average molecular weight is 533 g/mol. The first kappa shape index (κ1) is 26.9. The van der Waals surface area contributed by atoms with Crippen molar-refractivity contribution in [2.75, 3.05) is 40.0 Å². The van der Waals surface area contributed by atoms with Crippen LogP contribution in [0.3, 0.4) is 0 Å². The fraction of sp³-hybridized carbons (Fsp3) is 0.400. The minimum atomic E-state index is -0.716. The van der Waals surface area contributed by atoms with Gasteiger partial charge in [-0.2, -0.15) is 0 Å². The molecule has 1 aliphatic rings. The third-order valence-electron chi connectivity index (χ3n) is 6.78. The summed E-state index contributed by atoms with van der Waals surface area (Å²) in [5, 5.41) is 19.7. The molecule has 1 saturated heterocycles. The third-order valence-corrected chi connectivity index (χ3v) is 6.78. The molecule has 2 heterocycles. The first-order chi connectivity index (χ1) is 19.2. The highest BCUT2D eigenvalue weighted by atomic mass is 16.5. The lowest BCUT2D eigenvalue weighted by Crippen LogP contribution is -2.37. The van der Waals surface area contributed by atoms with Gasteiger partial charge in [-0.25, -0.2) is 4.68 Å². The second-order valence-corrected chi connectivity index (χ2v) is 9.66. The van der Waals surface area contributed by atoms with E-state index in [-0.39, 0.29) is 12.8 Å². The van der Waals surface area contributed by atoms with E-state index in [2.05, 4.69) is 27.3 Å². The maximum Gasteiger partial charge on any atom is 0.161 e. The summed E-state index contributed by atoms with van der Waals surface area (Å²) in [5.41, 5.74) is 2.70. The van der Waals surface area contributed by atoms with E-state index in [0.29, 0.717) is 49.0 Å². The van der Waals surface area contributed by atoms with Crippen molar-refractivity contribution in [3.8, 4) is 17.2 Å². The van der Waals surface area contributed by atoms with E-state index in [9.17, 15) is 5.11 Å². The Kier molecular flexibility index (Phi) is 9.26. The number of nitrogens with zero attached hydrogens (tertiary/aromatic N) is 4. The molecule has 0 spiro atoms. The number of ether oxygens (including phenoxy) is 4. The van der Waals surface area contributed by atoms with Crippen molar-refractivity contribution in [3.05, 3.63) is 78.4 Å². The van der Waals surface area contributed by atoms with Gasteiger partial charge in [-0.3, -0.25) is 4.90 Å². The normalized spacial score (nSPS) is 16.3. The maximum atomic E-state index is 10.9. The van der Waals surface area contributed by atoms with Crippen LogP contribution in [0.1, 0.15) is 31.1 Å². The lowest BCUT2D eigenvalue weighted by atomic mass is 10.2. The van der Waals surface area contributed by atoms with Crippen molar-refractivity contribution >= 4 is 11.0 Å². The largest absolute Gasteiger partial charge is 0.493 e. The molecule has 0 radical (unpaired) electrons. The van der Waals surface area contributed by atoms with Gasteiger partial charge >= 0.3 is 0 Å². The zero-order valence-corrected chi connectivity index (χ0v) is 22.3. The molecule has 2 atom stereocenters. The van der Waals surface area contributed by atoms with Gasteiger partial charge in [-0.05, 0) is 49.1 Å². The van der Waals surface area contributed by atoms with Crippen LogP contribution in [-0.4, -0.2) is 71.1 Å². The van der Waals surface area contributed by atoms with Gasteiger partial charge < -0.3 is 24.1 Å². The van der Waals surface area contributed by atoms with Crippen LogP contribution >= 0.6 is 0 Å². The Bertz CT molecular complexity index is 1310. The fourth-order valence-electron chi connectivity index (χ4n) is 4.82. The van der Waals surface area contributed by atoms with Crippen LogP contribution in [0.4, 0.5) is 0 Å². The van der Waals surface area contributed by atoms with Gasteiger partial charge in [0.15, 0.2) is 23.2 Å². The highest BCUT2D eigenvalue weighted by Gasteiger charge is 2.21. The molecule has 4 aromatic rings. The van der Waals surface area contributed by atoms with Crippen LogP contribution in [0, 0.1) is 0 Å². The second-order valence-electron chi connectivity index (χ2n) is 9.66. The van der Waals surface area contributed by atoms with E-state index < -0.39 is 6.10 Å². The van der Waals surface area contributed by atoms with E-state index in [1.807, 2.05) is 65.3 Å². The van der Waals surface area contributed by atoms with Gasteiger partial charge in [0, 0.05) is 26.2 Å². The molecule has 1 unspecified atom stereocenters. The number of fused-ring (bicyclic) bond motifs is 1. The van der Waals surface area contributed by atoms with Crippen molar-refractivity contribution in [2.45, 2.75) is 38.1 Å². The summed E-state index contributed by atoms with van der Waals surface area (Å²) in [6, 6.07) is 23.5. The summed E-state index contributed by atoms with van der Waals surface area (Å²) in [5.74, 6) is 1.99. The molecule has 0 saturated carbocycles. The SMILES string of the molecule is COc1ccccc1OCCN(Cc1ccccc1)C[C@H](O)COc1cccc2c1nnn2C1CCCCO1. The molecular weight excluding hydrogens is 496 g/mol. The van der Waals surface area contributed by atoms with E-state index in [1.54, 1.807) is 7.11 Å². The van der Waals surface area contributed by atoms with Crippen molar-refractivity contribution < 1.29 is 24.1 Å². The Morgan fingerprint density at radius 2 is 1.77 bits per heavy atom. The molecule has 0 aliphatic carbocycles. The van der Waals surface area contributed by atoms with Crippen LogP contribution in [0.25, 0.3) is 11.0 Å². The molecule has 0 bridgehead atoms. The van der Waals surface area contributed by atoms with Gasteiger partial charge in [0.25, 0.3) is 0 Å². The molecular formula is C30H36N4O5. The van der Waals surface area contributed by atoms with Crippen molar-refractivity contribution in [1.82, 2.24) is 19.9 Å². The highest BCUT2D eigenvalue weighted by molar-refractivity contribution is 5.81. The van der Waals surface area contributed by atoms with Crippen LogP contribution < -0.4 is 14.2 Å². The molecule has 39 heavy (non-hydrogen) atoms. The quantitative estimate of drug-likeness (QED) is 0.270. The molecule has 1 N–H and O–H groups in total.